The normalized spacial score (nSPS) is 10.1. The molecule has 0 atom stereocenters. The van der Waals surface area contributed by atoms with Crippen molar-refractivity contribution >= 4 is 28.3 Å². The fourth-order valence-electron chi connectivity index (χ4n) is 1.62. The van der Waals surface area contributed by atoms with Gasteiger partial charge in [0.1, 0.15) is 10.6 Å². The van der Waals surface area contributed by atoms with Crippen molar-refractivity contribution in [3.63, 3.8) is 0 Å². The highest BCUT2D eigenvalue weighted by molar-refractivity contribution is 7.17. The minimum atomic E-state index is -0.476. The molecule has 0 aliphatic carbocycles. The number of carbonyl (C=O) groups is 2. The van der Waals surface area contributed by atoms with E-state index >= 15 is 0 Å². The van der Waals surface area contributed by atoms with Gasteiger partial charge >= 0.3 is 5.97 Å². The molecule has 0 spiro atoms. The molecular formula is C15H16N2O4S. The van der Waals surface area contributed by atoms with Crippen LogP contribution in [-0.4, -0.2) is 30.6 Å². The van der Waals surface area contributed by atoms with Crippen molar-refractivity contribution < 1.29 is 19.1 Å². The molecule has 0 saturated carbocycles. The monoisotopic (exact) mass is 320 g/mol. The molecule has 0 fully saturated rings. The van der Waals surface area contributed by atoms with Gasteiger partial charge in [0.15, 0.2) is 5.13 Å². The van der Waals surface area contributed by atoms with Crippen molar-refractivity contribution in [3.05, 3.63) is 40.9 Å². The van der Waals surface area contributed by atoms with Crippen LogP contribution < -0.4 is 10.1 Å². The lowest BCUT2D eigenvalue weighted by Gasteiger charge is -2.05. The van der Waals surface area contributed by atoms with Crippen LogP contribution in [0.2, 0.25) is 0 Å². The Bertz CT molecular complexity index is 652. The molecule has 1 N–H and O–H groups in total. The van der Waals surface area contributed by atoms with E-state index in [0.717, 1.165) is 23.5 Å². The van der Waals surface area contributed by atoms with Crippen molar-refractivity contribution in [2.24, 2.45) is 0 Å². The van der Waals surface area contributed by atoms with Crippen molar-refractivity contribution in [2.75, 3.05) is 19.0 Å². The standard InChI is InChI=1S/C15H16N2O4S/c1-3-8-21-11-6-4-10(5-7-11)13(18)17-15-16-9-12(22-15)14(19)20-2/h4-7,9H,3,8H2,1-2H3,(H,16,17,18). The Balaban J connectivity index is 1.99. The lowest BCUT2D eigenvalue weighted by atomic mass is 10.2. The molecule has 116 valence electrons. The van der Waals surface area contributed by atoms with Crippen LogP contribution in [0.5, 0.6) is 5.75 Å². The van der Waals surface area contributed by atoms with E-state index in [0.29, 0.717) is 22.2 Å². The van der Waals surface area contributed by atoms with Gasteiger partial charge in [-0.05, 0) is 30.7 Å². The largest absolute Gasteiger partial charge is 0.494 e. The predicted octanol–water partition coefficient (Wildman–Crippen LogP) is 2.97. The first-order valence-corrected chi connectivity index (χ1v) is 7.54. The first-order valence-electron chi connectivity index (χ1n) is 6.72. The second kappa shape index (κ2) is 7.56. The highest BCUT2D eigenvalue weighted by Crippen LogP contribution is 2.20. The minimum Gasteiger partial charge on any atom is -0.494 e. The maximum Gasteiger partial charge on any atom is 0.349 e. The Labute approximate surface area is 132 Å². The van der Waals surface area contributed by atoms with Crippen LogP contribution in [0, 0.1) is 0 Å². The summed E-state index contributed by atoms with van der Waals surface area (Å²) < 4.78 is 10.0. The lowest BCUT2D eigenvalue weighted by Crippen LogP contribution is -2.11. The number of carbonyl (C=O) groups excluding carboxylic acids is 2. The lowest BCUT2D eigenvalue weighted by molar-refractivity contribution is 0.0606. The number of hydrogen-bond acceptors (Lipinski definition) is 6. The highest BCUT2D eigenvalue weighted by atomic mass is 32.1. The zero-order chi connectivity index (χ0) is 15.9. The smallest absolute Gasteiger partial charge is 0.349 e. The summed E-state index contributed by atoms with van der Waals surface area (Å²) in [6.45, 7) is 2.67. The molecule has 1 heterocycles. The number of anilines is 1. The summed E-state index contributed by atoms with van der Waals surface area (Å²) >= 11 is 1.06. The molecule has 2 rings (SSSR count). The van der Waals surface area contributed by atoms with Gasteiger partial charge in [0.05, 0.1) is 19.9 Å². The average Bonchev–Trinajstić information content (AvgIpc) is 3.01. The van der Waals surface area contributed by atoms with E-state index in [-0.39, 0.29) is 5.91 Å². The molecule has 0 radical (unpaired) electrons. The maximum absolute atomic E-state index is 12.1. The van der Waals surface area contributed by atoms with E-state index < -0.39 is 5.97 Å². The molecule has 22 heavy (non-hydrogen) atoms. The molecular weight excluding hydrogens is 304 g/mol. The van der Waals surface area contributed by atoms with Crippen LogP contribution in [-0.2, 0) is 4.74 Å². The predicted molar refractivity (Wildman–Crippen MR) is 83.6 cm³/mol. The quantitative estimate of drug-likeness (QED) is 0.828. The van der Waals surface area contributed by atoms with E-state index in [1.165, 1.54) is 13.3 Å². The van der Waals surface area contributed by atoms with Crippen LogP contribution in [0.25, 0.3) is 0 Å². The molecule has 0 aliphatic rings. The molecule has 2 aromatic rings. The Morgan fingerprint density at radius 2 is 2.00 bits per heavy atom. The number of esters is 1. The molecule has 6 nitrogen and oxygen atoms in total. The molecule has 0 aliphatic heterocycles. The topological polar surface area (TPSA) is 77.5 Å². The van der Waals surface area contributed by atoms with Crippen molar-refractivity contribution in [1.29, 1.82) is 0 Å². The van der Waals surface area contributed by atoms with Crippen LogP contribution in [0.4, 0.5) is 5.13 Å². The maximum atomic E-state index is 12.1. The molecule has 0 bridgehead atoms. The number of amides is 1. The fraction of sp³-hybridized carbons (Fsp3) is 0.267. The van der Waals surface area contributed by atoms with E-state index in [9.17, 15) is 9.59 Å². The third-order valence-corrected chi connectivity index (χ3v) is 3.59. The second-order valence-electron chi connectivity index (χ2n) is 4.35. The number of aromatic nitrogens is 1. The summed E-state index contributed by atoms with van der Waals surface area (Å²) in [4.78, 5) is 27.7. The SMILES string of the molecule is CCCOc1ccc(C(=O)Nc2ncc(C(=O)OC)s2)cc1. The molecule has 7 heteroatoms. The number of ether oxygens (including phenoxy) is 2. The van der Waals surface area contributed by atoms with Gasteiger partial charge in [-0.3, -0.25) is 10.1 Å². The zero-order valence-corrected chi connectivity index (χ0v) is 13.1. The van der Waals surface area contributed by atoms with Gasteiger partial charge in [-0.1, -0.05) is 18.3 Å². The molecule has 0 saturated heterocycles. The fourth-order valence-corrected chi connectivity index (χ4v) is 2.35. The summed E-state index contributed by atoms with van der Waals surface area (Å²) in [5, 5.41) is 2.98. The second-order valence-corrected chi connectivity index (χ2v) is 5.38. The van der Waals surface area contributed by atoms with Crippen LogP contribution in [0.1, 0.15) is 33.4 Å². The van der Waals surface area contributed by atoms with E-state index in [4.69, 9.17) is 4.74 Å². The summed E-state index contributed by atoms with van der Waals surface area (Å²) in [6, 6.07) is 6.84. The zero-order valence-electron chi connectivity index (χ0n) is 12.3. The number of rotatable bonds is 6. The number of benzene rings is 1. The van der Waals surface area contributed by atoms with E-state index in [2.05, 4.69) is 15.0 Å². The Morgan fingerprint density at radius 1 is 1.27 bits per heavy atom. The van der Waals surface area contributed by atoms with Gasteiger partial charge in [0.2, 0.25) is 0 Å². The summed E-state index contributed by atoms with van der Waals surface area (Å²) in [6.07, 6.45) is 2.29. The van der Waals surface area contributed by atoms with Gasteiger partial charge in [0, 0.05) is 5.56 Å². The third kappa shape index (κ3) is 4.05. The van der Waals surface area contributed by atoms with E-state index in [1.807, 2.05) is 6.92 Å². The van der Waals surface area contributed by atoms with Crippen LogP contribution >= 0.6 is 11.3 Å². The van der Waals surface area contributed by atoms with Crippen LogP contribution in [0.15, 0.2) is 30.5 Å². The van der Waals surface area contributed by atoms with Gasteiger partial charge < -0.3 is 9.47 Å². The molecule has 1 aromatic carbocycles. The van der Waals surface area contributed by atoms with Gasteiger partial charge in [0.25, 0.3) is 5.91 Å². The number of hydrogen-bond donors (Lipinski definition) is 1. The number of nitrogens with zero attached hydrogens (tertiary/aromatic N) is 1. The average molecular weight is 320 g/mol. The highest BCUT2D eigenvalue weighted by Gasteiger charge is 2.13. The molecule has 1 amide bonds. The first-order chi connectivity index (χ1) is 10.6. The van der Waals surface area contributed by atoms with Crippen molar-refractivity contribution in [2.45, 2.75) is 13.3 Å². The minimum absolute atomic E-state index is 0.298. The van der Waals surface area contributed by atoms with Crippen molar-refractivity contribution in [3.8, 4) is 5.75 Å². The van der Waals surface area contributed by atoms with Gasteiger partial charge in [-0.2, -0.15) is 0 Å². The Kier molecular flexibility index (Phi) is 5.48. The van der Waals surface area contributed by atoms with Crippen molar-refractivity contribution in [1.82, 2.24) is 4.98 Å². The Hall–Kier alpha value is -2.41. The molecule has 1 aromatic heterocycles. The number of nitrogens with one attached hydrogen (secondary N) is 1. The van der Waals surface area contributed by atoms with Gasteiger partial charge in [-0.25, -0.2) is 9.78 Å². The third-order valence-electron chi connectivity index (χ3n) is 2.70. The van der Waals surface area contributed by atoms with Gasteiger partial charge in [-0.15, -0.1) is 0 Å². The summed E-state index contributed by atoms with van der Waals surface area (Å²) in [7, 11) is 1.29. The molecule has 0 unspecified atom stereocenters. The number of thiazole rings is 1. The Morgan fingerprint density at radius 3 is 2.64 bits per heavy atom. The first kappa shape index (κ1) is 16.0. The number of methoxy groups -OCH3 is 1. The van der Waals surface area contributed by atoms with Crippen LogP contribution in [0.3, 0.4) is 0 Å². The summed E-state index contributed by atoms with van der Waals surface area (Å²) in [5.74, 6) is -0.0520. The summed E-state index contributed by atoms with van der Waals surface area (Å²) in [5.41, 5.74) is 0.485. The van der Waals surface area contributed by atoms with E-state index in [1.54, 1.807) is 24.3 Å².